The molecule has 1 aromatic heterocycles. The van der Waals surface area contributed by atoms with Gasteiger partial charge in [-0.05, 0) is 103 Å². The number of aromatic nitrogens is 2. The smallest absolute Gasteiger partial charge is 0.450 e. The number of nitrogens with two attached hydrogens (primary N) is 1. The van der Waals surface area contributed by atoms with Gasteiger partial charge in [-0.1, -0.05) is 80.2 Å². The third kappa shape index (κ3) is 23.8. The Morgan fingerprint density at radius 3 is 1.31 bits per heavy atom. The van der Waals surface area contributed by atoms with Gasteiger partial charge in [0.15, 0.2) is 0 Å². The minimum Gasteiger partial charge on any atom is -0.459 e. The fourth-order valence-electron chi connectivity index (χ4n) is 5.95. The first-order chi connectivity index (χ1) is 39.6. The van der Waals surface area contributed by atoms with Gasteiger partial charge in [0, 0.05) is 29.2 Å². The summed E-state index contributed by atoms with van der Waals surface area (Å²) in [6.45, 7) is 19.4. The molecular formula is C56H58Cl3F6N5O17. The number of esters is 6. The van der Waals surface area contributed by atoms with Crippen molar-refractivity contribution in [2.75, 3.05) is 30.5 Å². The Hall–Kier alpha value is -9.02. The highest BCUT2D eigenvalue weighted by molar-refractivity contribution is 6.34. The fraction of sp³-hybridized carbons (Fsp3) is 0.304. The average Bonchev–Trinajstić information content (AvgIpc) is 1.18. The second-order valence-electron chi connectivity index (χ2n) is 18.6. The molecule has 0 unspecified atom stereocenters. The topological polar surface area (TPSA) is 314 Å². The summed E-state index contributed by atoms with van der Waals surface area (Å²) in [5.41, 5.74) is -3.24. The maximum atomic E-state index is 12.6. The molecule has 4 aromatic rings. The van der Waals surface area contributed by atoms with Crippen LogP contribution in [0.15, 0.2) is 120 Å². The molecule has 0 aliphatic carbocycles. The quantitative estimate of drug-likeness (QED) is 0.0151. The zero-order valence-corrected chi connectivity index (χ0v) is 48.7. The van der Waals surface area contributed by atoms with Gasteiger partial charge >= 0.3 is 53.9 Å². The van der Waals surface area contributed by atoms with Gasteiger partial charge in [0.05, 0.1) is 43.9 Å². The maximum absolute atomic E-state index is 12.6. The monoisotopic (exact) mass is 1290 g/mol. The Bertz CT molecular complexity index is 3410. The van der Waals surface area contributed by atoms with Crippen LogP contribution in [0.2, 0.25) is 15.1 Å². The minimum absolute atomic E-state index is 0. The third-order valence-electron chi connectivity index (χ3n) is 10.2. The number of hydrogen-bond acceptors (Lipinski definition) is 18. The molecule has 5 N–H and O–H groups in total. The Morgan fingerprint density at radius 2 is 0.954 bits per heavy atom. The molecular weight excluding hydrogens is 1230 g/mol. The van der Waals surface area contributed by atoms with Crippen LogP contribution in [0.1, 0.15) is 92.2 Å². The zero-order valence-electron chi connectivity index (χ0n) is 46.4. The molecule has 0 radical (unpaired) electrons. The zero-order chi connectivity index (χ0) is 65.9. The second-order valence-corrected chi connectivity index (χ2v) is 19.8. The standard InChI is InChI=1S/C19H19ClN2O6.C18H18ClF3N2O5.C18H17ClF3NO6.CH4/c1-5-8-27-17(25)19(3,4)28-16(24)13-10-12(6-7-14(13)20)22-15(23)9-11(2)21-18(22)26;1-4-7-28-16(27)17(2,3)29-15(26)11-8-10(5-6-12(11)19)24-14(25)9-13(23)18(20,21)22;1-4-7-28-16(27)17(2,3)29-15(26)11-8-10(5-6-12(11)19)23-14(25)9-13(24)18(20,21)22;/h5-7,9-10H,1,8H2,2-4H3,(H,21,26);4-6,8-9H,1,7,23H2,2-3H3,(H,24,25);4-6,8H,1,7,9H2,2-3H3,(H,23,25);1H4/b;13-9-;;. The predicted molar refractivity (Wildman–Crippen MR) is 305 cm³/mol. The molecule has 0 atom stereocenters. The molecule has 472 valence electrons. The molecule has 1 heterocycles. The van der Waals surface area contributed by atoms with Crippen molar-refractivity contribution in [1.29, 1.82) is 0 Å². The van der Waals surface area contributed by atoms with Crippen molar-refractivity contribution in [3.8, 4) is 5.69 Å². The summed E-state index contributed by atoms with van der Waals surface area (Å²) in [6.07, 6.45) is -7.23. The molecule has 3 aromatic carbocycles. The number of carbonyl (C=O) groups excluding carboxylic acids is 9. The molecule has 0 saturated carbocycles. The lowest BCUT2D eigenvalue weighted by Gasteiger charge is -2.23. The number of carbonyl (C=O) groups is 9. The molecule has 0 bridgehead atoms. The van der Waals surface area contributed by atoms with E-state index >= 15 is 0 Å². The van der Waals surface area contributed by atoms with Crippen LogP contribution in [-0.4, -0.2) is 112 Å². The highest BCUT2D eigenvalue weighted by atomic mass is 35.5. The van der Waals surface area contributed by atoms with Gasteiger partial charge in [0.25, 0.3) is 5.56 Å². The molecule has 0 aliphatic heterocycles. The Balaban J connectivity index is 0.000000649. The van der Waals surface area contributed by atoms with E-state index in [-0.39, 0.29) is 82.1 Å². The van der Waals surface area contributed by atoms with E-state index < -0.39 is 106 Å². The highest BCUT2D eigenvalue weighted by Gasteiger charge is 2.40. The SMILES string of the molecule is C.C=CCOC(=O)C(C)(C)OC(=O)c1cc(-n2c(=O)cc(C)[nH]c2=O)ccc1Cl.C=CCOC(=O)C(C)(C)OC(=O)c1cc(NC(=O)/C=C(\N)C(F)(F)F)ccc1Cl.C=CCOC(=O)C(C)(C)OC(=O)c1cc(NC(=O)CC(=O)C(F)(F)F)ccc1Cl. The number of nitrogens with zero attached hydrogens (tertiary/aromatic N) is 1. The average molecular weight is 1290 g/mol. The van der Waals surface area contributed by atoms with Gasteiger partial charge < -0.3 is 49.8 Å². The van der Waals surface area contributed by atoms with Crippen molar-refractivity contribution < 1.29 is 97.9 Å². The molecule has 2 amide bonds. The van der Waals surface area contributed by atoms with Crippen molar-refractivity contribution >= 4 is 99.6 Å². The van der Waals surface area contributed by atoms with Gasteiger partial charge in [-0.3, -0.25) is 19.2 Å². The number of alkyl halides is 6. The summed E-state index contributed by atoms with van der Waals surface area (Å²) >= 11 is 17.9. The summed E-state index contributed by atoms with van der Waals surface area (Å²) in [4.78, 5) is 134. The number of halogens is 9. The van der Waals surface area contributed by atoms with Gasteiger partial charge in [-0.25, -0.2) is 38.1 Å². The number of benzene rings is 3. The van der Waals surface area contributed by atoms with Crippen LogP contribution in [0, 0.1) is 6.92 Å². The Labute approximate surface area is 507 Å². The molecule has 22 nitrogen and oxygen atoms in total. The van der Waals surface area contributed by atoms with Crippen molar-refractivity contribution in [2.24, 2.45) is 5.73 Å². The maximum Gasteiger partial charge on any atom is 0.450 e. The van der Waals surface area contributed by atoms with Gasteiger partial charge in [0.1, 0.15) is 25.5 Å². The van der Waals surface area contributed by atoms with Crippen LogP contribution in [-0.2, 0) is 57.2 Å². The summed E-state index contributed by atoms with van der Waals surface area (Å²) in [6, 6.07) is 12.2. The summed E-state index contributed by atoms with van der Waals surface area (Å²) in [7, 11) is 0. The molecule has 31 heteroatoms. The largest absolute Gasteiger partial charge is 0.459 e. The number of aromatic amines is 1. The molecule has 0 aliphatic rings. The van der Waals surface area contributed by atoms with E-state index in [9.17, 15) is 79.1 Å². The normalized spacial score (nSPS) is 11.4. The number of ketones is 1. The van der Waals surface area contributed by atoms with Gasteiger partial charge in [-0.15, -0.1) is 0 Å². The third-order valence-corrected chi connectivity index (χ3v) is 11.2. The van der Waals surface area contributed by atoms with Crippen molar-refractivity contribution in [1.82, 2.24) is 9.55 Å². The van der Waals surface area contributed by atoms with E-state index in [0.29, 0.717) is 5.69 Å². The minimum atomic E-state index is -5.14. The Morgan fingerprint density at radius 1 is 0.586 bits per heavy atom. The highest BCUT2D eigenvalue weighted by Crippen LogP contribution is 2.28. The fourth-order valence-corrected chi connectivity index (χ4v) is 6.53. The lowest BCUT2D eigenvalue weighted by atomic mass is 10.1. The number of allylic oxidation sites excluding steroid dienone is 1. The lowest BCUT2D eigenvalue weighted by molar-refractivity contribution is -0.171. The van der Waals surface area contributed by atoms with Crippen LogP contribution >= 0.6 is 34.8 Å². The molecule has 0 fully saturated rings. The summed E-state index contributed by atoms with van der Waals surface area (Å²) < 4.78 is 105. The summed E-state index contributed by atoms with van der Waals surface area (Å²) in [5, 5.41) is 4.02. The van der Waals surface area contributed by atoms with E-state index in [1.807, 2.05) is 0 Å². The van der Waals surface area contributed by atoms with Crippen LogP contribution in [0.3, 0.4) is 0 Å². The lowest BCUT2D eigenvalue weighted by Crippen LogP contribution is -2.39. The number of aryl methyl sites for hydroxylation is 1. The van der Waals surface area contributed by atoms with E-state index in [1.165, 1.54) is 108 Å². The number of H-pyrrole nitrogens is 1. The molecule has 87 heavy (non-hydrogen) atoms. The molecule has 0 spiro atoms. The van der Waals surface area contributed by atoms with Gasteiger partial charge in [-0.2, -0.15) is 26.3 Å². The van der Waals surface area contributed by atoms with E-state index in [4.69, 9.17) is 69.0 Å². The number of rotatable bonds is 21. The van der Waals surface area contributed by atoms with Crippen LogP contribution < -0.4 is 27.6 Å². The number of anilines is 2. The van der Waals surface area contributed by atoms with Crippen LogP contribution in [0.4, 0.5) is 37.7 Å². The molecule has 4 rings (SSSR count). The summed E-state index contributed by atoms with van der Waals surface area (Å²) in [5.74, 6) is -10.0. The van der Waals surface area contributed by atoms with Gasteiger partial charge in [0.2, 0.25) is 34.4 Å². The van der Waals surface area contributed by atoms with E-state index in [1.54, 1.807) is 6.92 Å². The van der Waals surface area contributed by atoms with Crippen molar-refractivity contribution in [3.63, 3.8) is 0 Å². The number of hydrogen-bond donors (Lipinski definition) is 4. The molecule has 0 saturated heterocycles. The van der Waals surface area contributed by atoms with Crippen molar-refractivity contribution in [3.05, 3.63) is 169 Å². The van der Waals surface area contributed by atoms with Crippen LogP contribution in [0.5, 0.6) is 0 Å². The predicted octanol–water partition coefficient (Wildman–Crippen LogP) is 9.60. The number of ether oxygens (including phenoxy) is 6. The van der Waals surface area contributed by atoms with E-state index in [2.05, 4.69) is 35.4 Å². The Kier molecular flexibility index (Phi) is 28.4. The van der Waals surface area contributed by atoms with Crippen LogP contribution in [0.25, 0.3) is 5.69 Å². The number of Topliss-reactive ketones (excluding diaryl/α,β-unsaturated/α-hetero) is 1. The number of amides is 2. The first kappa shape index (κ1) is 76.0. The first-order valence-electron chi connectivity index (χ1n) is 24.1. The first-order valence-corrected chi connectivity index (χ1v) is 25.3. The number of nitrogens with one attached hydrogen (secondary N) is 3. The van der Waals surface area contributed by atoms with Crippen molar-refractivity contribution in [2.45, 2.75) is 91.5 Å². The van der Waals surface area contributed by atoms with E-state index in [0.717, 1.165) is 16.7 Å². The second kappa shape index (κ2) is 32.5.